The van der Waals surface area contributed by atoms with E-state index in [1.165, 1.54) is 11.3 Å². The molecule has 0 aliphatic rings. The summed E-state index contributed by atoms with van der Waals surface area (Å²) in [6.45, 7) is 2.00. The standard InChI is InChI=1S/C23H22ClN3O4S/c1-14(16-6-5-15(10-17(16)24)30-9-8-28)31-19-11-20(32-21(19)12-22(25)29)18-13-26-23-4-2-3-7-27(18)23/h2-7,10-11,13-14,28H,8-9,12H2,1H3,(H2,25,29)/t14-/m1/s1. The van der Waals surface area contributed by atoms with E-state index >= 15 is 0 Å². The SMILES string of the molecule is C[C@@H](Oc1cc(-c2cnc3ccccn23)sc1CC(N)=O)c1ccc(OCCO)cc1Cl. The monoisotopic (exact) mass is 471 g/mol. The molecule has 0 aliphatic heterocycles. The van der Waals surface area contributed by atoms with Crippen molar-refractivity contribution in [2.24, 2.45) is 5.73 Å². The molecule has 0 saturated carbocycles. The lowest BCUT2D eigenvalue weighted by Crippen LogP contribution is -2.14. The minimum Gasteiger partial charge on any atom is -0.491 e. The van der Waals surface area contributed by atoms with Crippen molar-refractivity contribution in [2.75, 3.05) is 13.2 Å². The van der Waals surface area contributed by atoms with Crippen molar-refractivity contribution in [3.05, 3.63) is 70.3 Å². The van der Waals surface area contributed by atoms with E-state index in [1.54, 1.807) is 18.3 Å². The van der Waals surface area contributed by atoms with Gasteiger partial charge in [0.1, 0.15) is 29.9 Å². The number of pyridine rings is 1. The fourth-order valence-corrected chi connectivity index (χ4v) is 4.81. The lowest BCUT2D eigenvalue weighted by molar-refractivity contribution is -0.117. The topological polar surface area (TPSA) is 99.1 Å². The number of thiophene rings is 1. The Bertz CT molecular complexity index is 1250. The summed E-state index contributed by atoms with van der Waals surface area (Å²) in [6, 6.07) is 13.0. The number of amides is 1. The van der Waals surface area contributed by atoms with Gasteiger partial charge in [-0.05, 0) is 31.2 Å². The second-order valence-corrected chi connectivity index (χ2v) is 8.67. The number of hydrogen-bond acceptors (Lipinski definition) is 6. The number of nitrogens with zero attached hydrogens (tertiary/aromatic N) is 2. The molecule has 7 nitrogen and oxygen atoms in total. The molecule has 3 heterocycles. The number of aliphatic hydroxyl groups excluding tert-OH is 1. The van der Waals surface area contributed by atoms with Crippen LogP contribution in [0.2, 0.25) is 5.02 Å². The number of imidazole rings is 1. The first-order chi connectivity index (χ1) is 15.5. The minimum absolute atomic E-state index is 0.0745. The first-order valence-corrected chi connectivity index (χ1v) is 11.2. The van der Waals surface area contributed by atoms with Crippen LogP contribution in [0.1, 0.15) is 23.5 Å². The smallest absolute Gasteiger partial charge is 0.222 e. The van der Waals surface area contributed by atoms with E-state index in [0.29, 0.717) is 16.5 Å². The van der Waals surface area contributed by atoms with Crippen LogP contribution < -0.4 is 15.2 Å². The highest BCUT2D eigenvalue weighted by atomic mass is 35.5. The average Bonchev–Trinajstić information content (AvgIpc) is 3.36. The third-order valence-corrected chi connectivity index (χ3v) is 6.31. The van der Waals surface area contributed by atoms with Gasteiger partial charge in [-0.1, -0.05) is 23.7 Å². The minimum atomic E-state index is -0.433. The summed E-state index contributed by atoms with van der Waals surface area (Å²) in [5.41, 5.74) is 7.99. The number of ether oxygens (including phenoxy) is 2. The van der Waals surface area contributed by atoms with Crippen LogP contribution >= 0.6 is 22.9 Å². The van der Waals surface area contributed by atoms with Crippen molar-refractivity contribution in [1.29, 1.82) is 0 Å². The Hall–Kier alpha value is -3.07. The highest BCUT2D eigenvalue weighted by Gasteiger charge is 2.20. The molecule has 9 heteroatoms. The molecule has 0 fully saturated rings. The quantitative estimate of drug-likeness (QED) is 0.380. The summed E-state index contributed by atoms with van der Waals surface area (Å²) >= 11 is 7.89. The molecule has 0 radical (unpaired) electrons. The number of aromatic nitrogens is 2. The second-order valence-electron chi connectivity index (χ2n) is 7.13. The van der Waals surface area contributed by atoms with Gasteiger partial charge in [-0.15, -0.1) is 11.3 Å². The van der Waals surface area contributed by atoms with Crippen molar-refractivity contribution in [3.8, 4) is 22.1 Å². The summed E-state index contributed by atoms with van der Waals surface area (Å²) in [4.78, 5) is 17.8. The molecular weight excluding hydrogens is 450 g/mol. The predicted octanol–water partition coefficient (Wildman–Crippen LogP) is 4.26. The Morgan fingerprint density at radius 1 is 1.31 bits per heavy atom. The molecule has 4 rings (SSSR count). The largest absolute Gasteiger partial charge is 0.491 e. The molecule has 3 N–H and O–H groups in total. The highest BCUT2D eigenvalue weighted by molar-refractivity contribution is 7.15. The van der Waals surface area contributed by atoms with Crippen molar-refractivity contribution >= 4 is 34.5 Å². The van der Waals surface area contributed by atoms with Crippen LogP contribution in [0.25, 0.3) is 16.2 Å². The average molecular weight is 472 g/mol. The molecule has 1 amide bonds. The van der Waals surface area contributed by atoms with Gasteiger partial charge < -0.3 is 20.3 Å². The third-order valence-electron chi connectivity index (χ3n) is 4.85. The number of hydrogen-bond donors (Lipinski definition) is 2. The van der Waals surface area contributed by atoms with E-state index < -0.39 is 5.91 Å². The summed E-state index contributed by atoms with van der Waals surface area (Å²) in [5.74, 6) is 0.719. The molecule has 0 spiro atoms. The van der Waals surface area contributed by atoms with Gasteiger partial charge in [-0.3, -0.25) is 9.20 Å². The van der Waals surface area contributed by atoms with Crippen LogP contribution in [0.15, 0.2) is 54.9 Å². The zero-order valence-corrected chi connectivity index (χ0v) is 18.9. The van der Waals surface area contributed by atoms with Gasteiger partial charge >= 0.3 is 0 Å². The lowest BCUT2D eigenvalue weighted by Gasteiger charge is -2.17. The molecule has 0 unspecified atom stereocenters. The predicted molar refractivity (Wildman–Crippen MR) is 124 cm³/mol. The number of carbonyl (C=O) groups is 1. The van der Waals surface area contributed by atoms with Crippen LogP contribution in [0.4, 0.5) is 0 Å². The van der Waals surface area contributed by atoms with Crippen molar-refractivity contribution in [2.45, 2.75) is 19.4 Å². The van der Waals surface area contributed by atoms with Gasteiger partial charge in [0.2, 0.25) is 5.91 Å². The van der Waals surface area contributed by atoms with Crippen LogP contribution in [-0.2, 0) is 11.2 Å². The molecule has 166 valence electrons. The normalized spacial score (nSPS) is 12.1. The van der Waals surface area contributed by atoms with Gasteiger partial charge in [-0.2, -0.15) is 0 Å². The van der Waals surface area contributed by atoms with E-state index in [4.69, 9.17) is 31.9 Å². The summed E-state index contributed by atoms with van der Waals surface area (Å²) in [5, 5.41) is 9.39. The zero-order valence-electron chi connectivity index (χ0n) is 17.3. The van der Waals surface area contributed by atoms with Crippen LogP contribution in [0.5, 0.6) is 11.5 Å². The maximum absolute atomic E-state index is 11.7. The molecule has 0 bridgehead atoms. The Morgan fingerprint density at radius 2 is 2.16 bits per heavy atom. The number of benzene rings is 1. The number of halogens is 1. The van der Waals surface area contributed by atoms with Gasteiger partial charge in [0.05, 0.1) is 39.7 Å². The first-order valence-electron chi connectivity index (χ1n) is 9.99. The number of nitrogens with two attached hydrogens (primary N) is 1. The van der Waals surface area contributed by atoms with Gasteiger partial charge in [0, 0.05) is 17.8 Å². The fraction of sp³-hybridized carbons (Fsp3) is 0.217. The third kappa shape index (κ3) is 4.72. The summed E-state index contributed by atoms with van der Waals surface area (Å²) < 4.78 is 13.6. The van der Waals surface area contributed by atoms with Crippen LogP contribution in [-0.4, -0.2) is 33.6 Å². The first kappa shape index (κ1) is 22.1. The molecule has 3 aromatic heterocycles. The van der Waals surface area contributed by atoms with E-state index in [9.17, 15) is 4.79 Å². The van der Waals surface area contributed by atoms with Crippen LogP contribution in [0, 0.1) is 0 Å². The van der Waals surface area contributed by atoms with Crippen molar-refractivity contribution in [3.63, 3.8) is 0 Å². The van der Waals surface area contributed by atoms with Crippen LogP contribution in [0.3, 0.4) is 0 Å². The number of aliphatic hydroxyl groups is 1. The fourth-order valence-electron chi connectivity index (χ4n) is 3.38. The maximum atomic E-state index is 11.7. The Morgan fingerprint density at radius 3 is 2.91 bits per heavy atom. The number of primary amides is 1. The number of rotatable bonds is 9. The highest BCUT2D eigenvalue weighted by Crippen LogP contribution is 2.39. The van der Waals surface area contributed by atoms with Crippen molar-refractivity contribution < 1.29 is 19.4 Å². The van der Waals surface area contributed by atoms with Gasteiger partial charge in [-0.25, -0.2) is 4.98 Å². The summed E-state index contributed by atoms with van der Waals surface area (Å²) in [6.07, 6.45) is 3.43. The Labute approximate surface area is 194 Å². The zero-order chi connectivity index (χ0) is 22.7. The maximum Gasteiger partial charge on any atom is 0.222 e. The molecule has 32 heavy (non-hydrogen) atoms. The Balaban J connectivity index is 1.63. The van der Waals surface area contributed by atoms with E-state index in [-0.39, 0.29) is 25.7 Å². The molecule has 0 aliphatic carbocycles. The molecule has 1 atom stereocenters. The summed E-state index contributed by atoms with van der Waals surface area (Å²) in [7, 11) is 0. The van der Waals surface area contributed by atoms with E-state index in [2.05, 4.69) is 4.98 Å². The Kier molecular flexibility index (Phi) is 6.64. The number of carbonyl (C=O) groups excluding carboxylic acids is 1. The number of fused-ring (bicyclic) bond motifs is 1. The molecule has 1 aromatic carbocycles. The second kappa shape index (κ2) is 9.60. The van der Waals surface area contributed by atoms with Gasteiger partial charge in [0.15, 0.2) is 0 Å². The van der Waals surface area contributed by atoms with Gasteiger partial charge in [0.25, 0.3) is 0 Å². The lowest BCUT2D eigenvalue weighted by atomic mass is 10.1. The van der Waals surface area contributed by atoms with E-state index in [1.807, 2.05) is 47.9 Å². The molecule has 4 aromatic rings. The van der Waals surface area contributed by atoms with Crippen molar-refractivity contribution in [1.82, 2.24) is 9.38 Å². The molecule has 0 saturated heterocycles. The van der Waals surface area contributed by atoms with E-state index in [0.717, 1.165) is 26.7 Å². The molecular formula is C23H22ClN3O4S.